The van der Waals surface area contributed by atoms with Gasteiger partial charge >= 0.3 is 5.63 Å². The zero-order chi connectivity index (χ0) is 20.2. The molecule has 0 saturated heterocycles. The minimum absolute atomic E-state index is 0.0837. The van der Waals surface area contributed by atoms with Crippen LogP contribution < -0.4 is 16.3 Å². The number of carbonyl (C=O) groups excluding carboxylic acids is 1. The number of rotatable bonds is 5. The van der Waals surface area contributed by atoms with Gasteiger partial charge in [0.15, 0.2) is 5.69 Å². The first kappa shape index (κ1) is 19.0. The minimum Gasteiger partial charge on any atom is -0.421 e. The maximum absolute atomic E-state index is 12.8. The smallest absolute Gasteiger partial charge is 0.362 e. The van der Waals surface area contributed by atoms with Crippen LogP contribution in [0.2, 0.25) is 0 Å². The van der Waals surface area contributed by atoms with Crippen molar-refractivity contribution in [1.29, 1.82) is 0 Å². The van der Waals surface area contributed by atoms with E-state index in [0.29, 0.717) is 33.2 Å². The molecule has 1 aromatic heterocycles. The summed E-state index contributed by atoms with van der Waals surface area (Å²) in [5.41, 5.74) is 1.93. The lowest BCUT2D eigenvalue weighted by Crippen LogP contribution is -2.20. The van der Waals surface area contributed by atoms with E-state index in [9.17, 15) is 9.59 Å². The molecule has 0 radical (unpaired) electrons. The van der Waals surface area contributed by atoms with Crippen LogP contribution in [0.1, 0.15) is 15.9 Å². The molecule has 4 aromatic rings. The zero-order valence-corrected chi connectivity index (χ0v) is 16.9. The second kappa shape index (κ2) is 8.32. The highest BCUT2D eigenvalue weighted by atomic mass is 79.9. The molecular weight excluding hydrogens is 432 g/mol. The Bertz CT molecular complexity index is 1240. The number of amides is 1. The monoisotopic (exact) mass is 448 g/mol. The second-order valence-corrected chi connectivity index (χ2v) is 7.26. The molecule has 0 atom stereocenters. The molecule has 0 bridgehead atoms. The Morgan fingerprint density at radius 2 is 1.55 bits per heavy atom. The topological polar surface area (TPSA) is 71.3 Å². The number of benzene rings is 3. The van der Waals surface area contributed by atoms with Crippen LogP contribution in [0.15, 0.2) is 92.5 Å². The van der Waals surface area contributed by atoms with Crippen LogP contribution in [0.3, 0.4) is 0 Å². The number of hydrogen-bond donors (Lipinski definition) is 2. The van der Waals surface area contributed by atoms with Crippen molar-refractivity contribution in [3.63, 3.8) is 0 Å². The van der Waals surface area contributed by atoms with Gasteiger partial charge in [0.25, 0.3) is 5.91 Å². The number of anilines is 2. The summed E-state index contributed by atoms with van der Waals surface area (Å²) in [6, 6.07) is 24.1. The van der Waals surface area contributed by atoms with Gasteiger partial charge < -0.3 is 15.1 Å². The van der Waals surface area contributed by atoms with E-state index in [1.54, 1.807) is 30.3 Å². The maximum atomic E-state index is 12.8. The van der Waals surface area contributed by atoms with Gasteiger partial charge in [-0.1, -0.05) is 54.6 Å². The standard InChI is InChI=1S/C23H17BrN2O3/c24-18-12-6-4-10-16(18)22(27)26-21-20(25-14-15-8-2-1-3-9-15)17-11-5-7-13-19(17)29-23(21)28/h1-13,25H,14H2,(H,26,27). The normalized spacial score (nSPS) is 10.7. The second-order valence-electron chi connectivity index (χ2n) is 6.41. The first-order valence-electron chi connectivity index (χ1n) is 9.03. The van der Waals surface area contributed by atoms with Crippen molar-refractivity contribution in [2.45, 2.75) is 6.54 Å². The highest BCUT2D eigenvalue weighted by Crippen LogP contribution is 2.30. The highest BCUT2D eigenvalue weighted by molar-refractivity contribution is 9.10. The van der Waals surface area contributed by atoms with Crippen LogP contribution in [0.25, 0.3) is 11.0 Å². The van der Waals surface area contributed by atoms with E-state index in [1.165, 1.54) is 0 Å². The highest BCUT2D eigenvalue weighted by Gasteiger charge is 2.18. The van der Waals surface area contributed by atoms with E-state index in [4.69, 9.17) is 4.42 Å². The fourth-order valence-corrected chi connectivity index (χ4v) is 3.52. The largest absolute Gasteiger partial charge is 0.421 e. The molecular formula is C23H17BrN2O3. The van der Waals surface area contributed by atoms with Crippen molar-refractivity contribution in [3.05, 3.63) is 105 Å². The summed E-state index contributed by atoms with van der Waals surface area (Å²) in [6.45, 7) is 0.492. The third kappa shape index (κ3) is 4.07. The number of carbonyl (C=O) groups is 1. The van der Waals surface area contributed by atoms with Gasteiger partial charge in [-0.3, -0.25) is 4.79 Å². The fraction of sp³-hybridized carbons (Fsp3) is 0.0435. The van der Waals surface area contributed by atoms with Gasteiger partial charge in [-0.2, -0.15) is 0 Å². The van der Waals surface area contributed by atoms with Crippen LogP contribution in [0.5, 0.6) is 0 Å². The lowest BCUT2D eigenvalue weighted by Gasteiger charge is -2.15. The van der Waals surface area contributed by atoms with Gasteiger partial charge in [0.1, 0.15) is 5.58 Å². The SMILES string of the molecule is O=C(Nc1c(NCc2ccccc2)c2ccccc2oc1=O)c1ccccc1Br. The minimum atomic E-state index is -0.611. The van der Waals surface area contributed by atoms with Gasteiger partial charge in [0, 0.05) is 16.4 Å². The van der Waals surface area contributed by atoms with Gasteiger partial charge in [0.05, 0.1) is 11.3 Å². The van der Waals surface area contributed by atoms with Crippen LogP contribution in [0.4, 0.5) is 11.4 Å². The molecule has 6 heteroatoms. The predicted octanol–water partition coefficient (Wildman–Crippen LogP) is 5.42. The van der Waals surface area contributed by atoms with Crippen molar-refractivity contribution in [2.75, 3.05) is 10.6 Å². The van der Waals surface area contributed by atoms with Crippen LogP contribution in [0, 0.1) is 0 Å². The number of hydrogen-bond acceptors (Lipinski definition) is 4. The van der Waals surface area contributed by atoms with E-state index in [1.807, 2.05) is 48.5 Å². The Hall–Kier alpha value is -3.38. The zero-order valence-electron chi connectivity index (χ0n) is 15.3. The molecule has 0 spiro atoms. The Labute approximate surface area is 175 Å². The summed E-state index contributed by atoms with van der Waals surface area (Å²) in [5.74, 6) is -0.400. The molecule has 144 valence electrons. The van der Waals surface area contributed by atoms with E-state index in [-0.39, 0.29) is 5.69 Å². The van der Waals surface area contributed by atoms with E-state index >= 15 is 0 Å². The average Bonchev–Trinajstić information content (AvgIpc) is 2.74. The first-order valence-corrected chi connectivity index (χ1v) is 9.82. The van der Waals surface area contributed by atoms with Crippen molar-refractivity contribution < 1.29 is 9.21 Å². The summed E-state index contributed by atoms with van der Waals surface area (Å²) < 4.78 is 6.07. The molecule has 2 N–H and O–H groups in total. The Kier molecular flexibility index (Phi) is 5.44. The molecule has 1 heterocycles. The molecule has 3 aromatic carbocycles. The van der Waals surface area contributed by atoms with E-state index in [0.717, 1.165) is 5.56 Å². The van der Waals surface area contributed by atoms with E-state index < -0.39 is 11.5 Å². The van der Waals surface area contributed by atoms with Crippen molar-refractivity contribution >= 4 is 44.2 Å². The summed E-state index contributed by atoms with van der Waals surface area (Å²) in [5, 5.41) is 6.74. The Morgan fingerprint density at radius 1 is 0.862 bits per heavy atom. The molecule has 5 nitrogen and oxygen atoms in total. The molecule has 29 heavy (non-hydrogen) atoms. The summed E-state index contributed by atoms with van der Waals surface area (Å²) >= 11 is 3.37. The lowest BCUT2D eigenvalue weighted by molar-refractivity contribution is 0.102. The number of nitrogens with one attached hydrogen (secondary N) is 2. The summed E-state index contributed by atoms with van der Waals surface area (Å²) in [7, 11) is 0. The third-order valence-corrected chi connectivity index (χ3v) is 5.17. The van der Waals surface area contributed by atoms with Gasteiger partial charge in [-0.05, 0) is 45.8 Å². The van der Waals surface area contributed by atoms with Gasteiger partial charge in [-0.25, -0.2) is 4.79 Å². The molecule has 0 fully saturated rings. The molecule has 0 saturated carbocycles. The lowest BCUT2D eigenvalue weighted by atomic mass is 10.1. The average molecular weight is 449 g/mol. The molecule has 0 unspecified atom stereocenters. The quantitative estimate of drug-likeness (QED) is 0.399. The molecule has 4 rings (SSSR count). The first-order chi connectivity index (χ1) is 14.1. The van der Waals surface area contributed by atoms with Gasteiger partial charge in [-0.15, -0.1) is 0 Å². The fourth-order valence-electron chi connectivity index (χ4n) is 3.06. The number of fused-ring (bicyclic) bond motifs is 1. The Balaban J connectivity index is 1.76. The summed E-state index contributed by atoms with van der Waals surface area (Å²) in [4.78, 5) is 25.5. The number of halogens is 1. The van der Waals surface area contributed by atoms with E-state index in [2.05, 4.69) is 26.6 Å². The third-order valence-electron chi connectivity index (χ3n) is 4.48. The molecule has 0 aliphatic heterocycles. The number of para-hydroxylation sites is 1. The van der Waals surface area contributed by atoms with Crippen molar-refractivity contribution in [1.82, 2.24) is 0 Å². The van der Waals surface area contributed by atoms with Crippen LogP contribution in [-0.2, 0) is 6.54 Å². The molecule has 0 aliphatic carbocycles. The van der Waals surface area contributed by atoms with Crippen LogP contribution >= 0.6 is 15.9 Å². The maximum Gasteiger partial charge on any atom is 0.362 e. The van der Waals surface area contributed by atoms with Crippen molar-refractivity contribution in [3.8, 4) is 0 Å². The van der Waals surface area contributed by atoms with Crippen molar-refractivity contribution in [2.24, 2.45) is 0 Å². The summed E-state index contributed by atoms with van der Waals surface area (Å²) in [6.07, 6.45) is 0. The predicted molar refractivity (Wildman–Crippen MR) is 118 cm³/mol. The van der Waals surface area contributed by atoms with Crippen LogP contribution in [-0.4, -0.2) is 5.91 Å². The Morgan fingerprint density at radius 3 is 2.34 bits per heavy atom. The molecule has 0 aliphatic rings. The van der Waals surface area contributed by atoms with Gasteiger partial charge in [0.2, 0.25) is 0 Å². The molecule has 1 amide bonds.